The number of fused-ring (bicyclic) bond motifs is 1. The number of nitrogens with one attached hydrogen (secondary N) is 1. The largest absolute Gasteiger partial charge is 0.306 e. The number of halogens is 1. The lowest BCUT2D eigenvalue weighted by Gasteiger charge is -2.28. The number of aromatic nitrogens is 4. The van der Waals surface area contributed by atoms with Crippen LogP contribution in [-0.4, -0.2) is 50.7 Å². The molecule has 3 heterocycles. The minimum atomic E-state index is -0.393. The summed E-state index contributed by atoms with van der Waals surface area (Å²) in [5.74, 6) is -0.582. The Morgan fingerprint density at radius 1 is 1.06 bits per heavy atom. The number of benzene rings is 2. The summed E-state index contributed by atoms with van der Waals surface area (Å²) >= 11 is 0. The zero-order valence-electron chi connectivity index (χ0n) is 17.7. The number of rotatable bonds is 4. The summed E-state index contributed by atoms with van der Waals surface area (Å²) < 4.78 is 15.2. The Bertz CT molecular complexity index is 1260. The van der Waals surface area contributed by atoms with Crippen LogP contribution in [0.25, 0.3) is 22.0 Å². The summed E-state index contributed by atoms with van der Waals surface area (Å²) in [7, 11) is 2.15. The summed E-state index contributed by atoms with van der Waals surface area (Å²) in [5, 5.41) is 8.15. The first kappa shape index (κ1) is 20.3. The van der Waals surface area contributed by atoms with Gasteiger partial charge in [0, 0.05) is 28.9 Å². The van der Waals surface area contributed by atoms with Crippen molar-refractivity contribution in [2.24, 2.45) is 0 Å². The summed E-state index contributed by atoms with van der Waals surface area (Å²) in [4.78, 5) is 23.5. The summed E-state index contributed by atoms with van der Waals surface area (Å²) in [6.07, 6.45) is 7.85. The number of carbonyl (C=O) groups excluding carboxylic acids is 1. The summed E-state index contributed by atoms with van der Waals surface area (Å²) in [5.41, 5.74) is 3.09. The number of carbonyl (C=O) groups is 1. The van der Waals surface area contributed by atoms with Crippen LogP contribution in [0.1, 0.15) is 29.2 Å². The van der Waals surface area contributed by atoms with Crippen molar-refractivity contribution in [2.75, 3.05) is 25.5 Å². The number of piperidine rings is 1. The van der Waals surface area contributed by atoms with E-state index in [1.807, 2.05) is 24.4 Å². The lowest BCUT2D eigenvalue weighted by molar-refractivity contribution is 0.102. The Morgan fingerprint density at radius 2 is 1.84 bits per heavy atom. The zero-order chi connectivity index (χ0) is 22.1. The second-order valence-corrected chi connectivity index (χ2v) is 8.17. The molecule has 0 saturated carbocycles. The molecule has 2 aromatic heterocycles. The molecule has 1 amide bonds. The third kappa shape index (κ3) is 4.22. The molecule has 8 heteroatoms. The first-order chi connectivity index (χ1) is 15.5. The van der Waals surface area contributed by atoms with Gasteiger partial charge in [-0.2, -0.15) is 5.10 Å². The molecular weight excluding hydrogens is 407 g/mol. The van der Waals surface area contributed by atoms with Crippen LogP contribution in [-0.2, 0) is 0 Å². The first-order valence-corrected chi connectivity index (χ1v) is 10.6. The fourth-order valence-corrected chi connectivity index (χ4v) is 3.98. The van der Waals surface area contributed by atoms with E-state index in [0.29, 0.717) is 11.6 Å². The van der Waals surface area contributed by atoms with Gasteiger partial charge < -0.3 is 4.90 Å². The fourth-order valence-electron chi connectivity index (χ4n) is 3.98. The average Bonchev–Trinajstić information content (AvgIpc) is 3.30. The number of nitrogens with zero attached hydrogens (tertiary/aromatic N) is 5. The van der Waals surface area contributed by atoms with Crippen LogP contribution in [0.4, 0.5) is 10.3 Å². The van der Waals surface area contributed by atoms with Gasteiger partial charge in [0.25, 0.3) is 5.91 Å². The van der Waals surface area contributed by atoms with Gasteiger partial charge in [0.15, 0.2) is 0 Å². The Hall–Kier alpha value is -3.65. The van der Waals surface area contributed by atoms with Crippen molar-refractivity contribution in [3.63, 3.8) is 0 Å². The highest BCUT2D eigenvalue weighted by Crippen LogP contribution is 2.27. The molecular formula is C24H23FN6O. The number of likely N-dealkylation sites (tertiary alicyclic amines) is 1. The van der Waals surface area contributed by atoms with Gasteiger partial charge in [-0.3, -0.25) is 14.8 Å². The first-order valence-electron chi connectivity index (χ1n) is 10.6. The van der Waals surface area contributed by atoms with Crippen molar-refractivity contribution in [2.45, 2.75) is 18.9 Å². The second kappa shape index (κ2) is 8.47. The van der Waals surface area contributed by atoms with Gasteiger partial charge in [0.1, 0.15) is 5.82 Å². The Morgan fingerprint density at radius 3 is 2.62 bits per heavy atom. The molecule has 0 bridgehead atoms. The highest BCUT2D eigenvalue weighted by atomic mass is 19.1. The minimum absolute atomic E-state index is 0.200. The van der Waals surface area contributed by atoms with Crippen molar-refractivity contribution in [3.8, 4) is 11.1 Å². The van der Waals surface area contributed by atoms with Crippen molar-refractivity contribution >= 4 is 22.8 Å². The van der Waals surface area contributed by atoms with E-state index in [4.69, 9.17) is 0 Å². The zero-order valence-corrected chi connectivity index (χ0v) is 17.7. The quantitative estimate of drug-likeness (QED) is 0.526. The molecule has 2 aromatic carbocycles. The monoisotopic (exact) mass is 430 g/mol. The van der Waals surface area contributed by atoms with Gasteiger partial charge in [0.05, 0.1) is 17.8 Å². The molecule has 7 nitrogen and oxygen atoms in total. The van der Waals surface area contributed by atoms with Crippen LogP contribution in [0, 0.1) is 5.82 Å². The number of hydrogen-bond acceptors (Lipinski definition) is 5. The standard InChI is InChI=1S/C24H23FN6O/c1-30-10-8-21(9-11-30)31-15-19(14-27-31)17-2-3-18-13-26-24(28-22(18)12-17)29-23(32)16-4-6-20(25)7-5-16/h2-7,12-15,21H,8-11H2,1H3,(H,26,28,29,32). The number of amides is 1. The van der Waals surface area contributed by atoms with E-state index in [-0.39, 0.29) is 11.9 Å². The van der Waals surface area contributed by atoms with Crippen LogP contribution in [0.15, 0.2) is 61.1 Å². The third-order valence-electron chi connectivity index (χ3n) is 5.91. The Kier molecular flexibility index (Phi) is 5.36. The van der Waals surface area contributed by atoms with Crippen molar-refractivity contribution < 1.29 is 9.18 Å². The van der Waals surface area contributed by atoms with E-state index >= 15 is 0 Å². The van der Waals surface area contributed by atoms with E-state index in [0.717, 1.165) is 48.0 Å². The fraction of sp³-hybridized carbons (Fsp3) is 0.250. The van der Waals surface area contributed by atoms with Gasteiger partial charge in [0.2, 0.25) is 5.95 Å². The molecule has 1 aliphatic rings. The predicted molar refractivity (Wildman–Crippen MR) is 121 cm³/mol. The second-order valence-electron chi connectivity index (χ2n) is 8.17. The van der Waals surface area contributed by atoms with Crippen LogP contribution < -0.4 is 5.32 Å². The normalized spacial score (nSPS) is 15.2. The van der Waals surface area contributed by atoms with Crippen LogP contribution in [0.3, 0.4) is 0 Å². The highest BCUT2D eigenvalue weighted by molar-refractivity contribution is 6.03. The smallest absolute Gasteiger partial charge is 0.258 e. The molecule has 32 heavy (non-hydrogen) atoms. The molecule has 0 aliphatic carbocycles. The molecule has 0 unspecified atom stereocenters. The maximum atomic E-state index is 13.1. The molecule has 1 N–H and O–H groups in total. The minimum Gasteiger partial charge on any atom is -0.306 e. The Labute approximate surface area is 184 Å². The Balaban J connectivity index is 1.36. The SMILES string of the molecule is CN1CCC(n2cc(-c3ccc4cnc(NC(=O)c5ccc(F)cc5)nc4c3)cn2)CC1. The van der Waals surface area contributed by atoms with Gasteiger partial charge in [-0.15, -0.1) is 0 Å². The molecule has 1 aliphatic heterocycles. The van der Waals surface area contributed by atoms with Gasteiger partial charge in [-0.25, -0.2) is 14.4 Å². The molecule has 0 spiro atoms. The van der Waals surface area contributed by atoms with E-state index in [9.17, 15) is 9.18 Å². The molecule has 1 saturated heterocycles. The molecule has 0 radical (unpaired) electrons. The van der Waals surface area contributed by atoms with Gasteiger partial charge in [-0.1, -0.05) is 12.1 Å². The molecule has 162 valence electrons. The van der Waals surface area contributed by atoms with Crippen molar-refractivity contribution in [1.82, 2.24) is 24.6 Å². The van der Waals surface area contributed by atoms with Crippen molar-refractivity contribution in [3.05, 3.63) is 72.4 Å². The van der Waals surface area contributed by atoms with Crippen molar-refractivity contribution in [1.29, 1.82) is 0 Å². The van der Waals surface area contributed by atoms with E-state index in [1.54, 1.807) is 6.20 Å². The molecule has 5 rings (SSSR count). The number of hydrogen-bond donors (Lipinski definition) is 1. The lowest BCUT2D eigenvalue weighted by atomic mass is 10.1. The van der Waals surface area contributed by atoms with Gasteiger partial charge in [-0.05, 0) is 68.9 Å². The summed E-state index contributed by atoms with van der Waals surface area (Å²) in [6, 6.07) is 11.7. The maximum Gasteiger partial charge on any atom is 0.258 e. The van der Waals surface area contributed by atoms with Crippen LogP contribution >= 0.6 is 0 Å². The van der Waals surface area contributed by atoms with E-state index in [2.05, 4.69) is 43.2 Å². The topological polar surface area (TPSA) is 75.9 Å². The molecule has 4 aromatic rings. The lowest BCUT2D eigenvalue weighted by Crippen LogP contribution is -2.31. The van der Waals surface area contributed by atoms with Crippen LogP contribution in [0.5, 0.6) is 0 Å². The van der Waals surface area contributed by atoms with Gasteiger partial charge >= 0.3 is 0 Å². The predicted octanol–water partition coefficient (Wildman–Crippen LogP) is 4.15. The van der Waals surface area contributed by atoms with Crippen LogP contribution in [0.2, 0.25) is 0 Å². The molecule has 1 fully saturated rings. The summed E-state index contributed by atoms with van der Waals surface area (Å²) in [6.45, 7) is 2.17. The highest BCUT2D eigenvalue weighted by Gasteiger charge is 2.19. The van der Waals surface area contributed by atoms with E-state index < -0.39 is 5.82 Å². The van der Waals surface area contributed by atoms with E-state index in [1.165, 1.54) is 24.3 Å². The maximum absolute atomic E-state index is 13.1. The third-order valence-corrected chi connectivity index (χ3v) is 5.91. The average molecular weight is 430 g/mol. The molecule has 0 atom stereocenters. The number of anilines is 1.